The average molecular weight is 277 g/mol. The van der Waals surface area contributed by atoms with Gasteiger partial charge in [-0.1, -0.05) is 23.7 Å². The molecule has 3 rings (SSSR count). The molecule has 0 N–H and O–H groups in total. The van der Waals surface area contributed by atoms with Crippen molar-refractivity contribution in [3.63, 3.8) is 0 Å². The summed E-state index contributed by atoms with van der Waals surface area (Å²) >= 11 is 6.27. The maximum Gasteiger partial charge on any atom is 0.245 e. The maximum absolute atomic E-state index is 12.5. The molecule has 1 amide bonds. The van der Waals surface area contributed by atoms with Crippen LogP contribution in [-0.2, 0) is 4.79 Å². The van der Waals surface area contributed by atoms with E-state index in [9.17, 15) is 4.79 Å². The zero-order valence-electron chi connectivity index (χ0n) is 11.0. The Morgan fingerprint density at radius 3 is 2.74 bits per heavy atom. The van der Waals surface area contributed by atoms with Gasteiger partial charge in [0.1, 0.15) is 6.04 Å². The number of hydrogen-bond donors (Lipinski definition) is 0. The summed E-state index contributed by atoms with van der Waals surface area (Å²) in [6, 6.07) is 7.63. The number of carbonyl (C=O) groups is 1. The highest BCUT2D eigenvalue weighted by Gasteiger charge is 2.25. The lowest BCUT2D eigenvalue weighted by atomic mass is 10.2. The van der Waals surface area contributed by atoms with Crippen molar-refractivity contribution in [2.45, 2.75) is 25.8 Å². The molecule has 1 fully saturated rings. The minimum atomic E-state index is -0.199. The average Bonchev–Trinajstić information content (AvgIpc) is 3.06. The maximum atomic E-state index is 12.5. The lowest BCUT2D eigenvalue weighted by molar-refractivity contribution is -0.133. The molecule has 1 unspecified atom stereocenters. The van der Waals surface area contributed by atoms with E-state index in [4.69, 9.17) is 11.6 Å². The monoisotopic (exact) mass is 276 g/mol. The van der Waals surface area contributed by atoms with E-state index in [0.29, 0.717) is 5.02 Å². The number of rotatable bonds is 2. The Kier molecular flexibility index (Phi) is 3.23. The third kappa shape index (κ3) is 2.12. The number of benzene rings is 1. The lowest BCUT2D eigenvalue weighted by Gasteiger charge is -2.22. The zero-order valence-corrected chi connectivity index (χ0v) is 11.7. The summed E-state index contributed by atoms with van der Waals surface area (Å²) in [6.07, 6.45) is 4.19. The van der Waals surface area contributed by atoms with Gasteiger partial charge in [0.25, 0.3) is 0 Å². The molecule has 4 heteroatoms. The molecule has 1 aliphatic heterocycles. The van der Waals surface area contributed by atoms with E-state index in [1.54, 1.807) is 0 Å². The van der Waals surface area contributed by atoms with Crippen LogP contribution in [0, 0.1) is 0 Å². The molecule has 0 aliphatic carbocycles. The summed E-state index contributed by atoms with van der Waals surface area (Å²) in [5.41, 5.74) is 0.948. The number of carbonyl (C=O) groups excluding carboxylic acids is 1. The normalized spacial score (nSPS) is 17.1. The molecule has 0 radical (unpaired) electrons. The first-order valence-corrected chi connectivity index (χ1v) is 7.10. The number of fused-ring (bicyclic) bond motifs is 1. The number of hydrogen-bond acceptors (Lipinski definition) is 1. The minimum Gasteiger partial charge on any atom is -0.341 e. The van der Waals surface area contributed by atoms with E-state index in [2.05, 4.69) is 0 Å². The molecule has 0 spiro atoms. The van der Waals surface area contributed by atoms with E-state index >= 15 is 0 Å². The first-order chi connectivity index (χ1) is 9.18. The number of aromatic nitrogens is 1. The largest absolute Gasteiger partial charge is 0.341 e. The second-order valence-electron chi connectivity index (χ2n) is 5.11. The predicted octanol–water partition coefficient (Wildman–Crippen LogP) is 3.48. The van der Waals surface area contributed by atoms with Crippen LogP contribution in [0.5, 0.6) is 0 Å². The standard InChI is InChI=1S/C15H17ClN2O/c1-11(15(19)17-8-2-3-9-17)18-10-7-12-5-4-6-13(16)14(12)18/h4-7,10-11H,2-3,8-9H2,1H3. The number of likely N-dealkylation sites (tertiary alicyclic amines) is 1. The van der Waals surface area contributed by atoms with Gasteiger partial charge in [-0.05, 0) is 31.9 Å². The molecule has 2 heterocycles. The highest BCUT2D eigenvalue weighted by molar-refractivity contribution is 6.35. The highest BCUT2D eigenvalue weighted by Crippen LogP contribution is 2.28. The van der Waals surface area contributed by atoms with Gasteiger partial charge in [-0.2, -0.15) is 0 Å². The third-order valence-electron chi connectivity index (χ3n) is 3.88. The fraction of sp³-hybridized carbons (Fsp3) is 0.400. The van der Waals surface area contributed by atoms with Crippen molar-refractivity contribution in [2.24, 2.45) is 0 Å². The molecule has 0 saturated carbocycles. The summed E-state index contributed by atoms with van der Waals surface area (Å²) in [7, 11) is 0. The van der Waals surface area contributed by atoms with Crippen molar-refractivity contribution in [3.05, 3.63) is 35.5 Å². The molecule has 1 aliphatic rings. The first kappa shape index (κ1) is 12.5. The van der Waals surface area contributed by atoms with Gasteiger partial charge < -0.3 is 9.47 Å². The number of nitrogens with zero attached hydrogens (tertiary/aromatic N) is 2. The Balaban J connectivity index is 1.97. The van der Waals surface area contributed by atoms with Crippen LogP contribution in [0.2, 0.25) is 5.02 Å². The number of para-hydroxylation sites is 1. The highest BCUT2D eigenvalue weighted by atomic mass is 35.5. The molecular formula is C15H17ClN2O. The second-order valence-corrected chi connectivity index (χ2v) is 5.52. The van der Waals surface area contributed by atoms with E-state index in [-0.39, 0.29) is 11.9 Å². The van der Waals surface area contributed by atoms with Crippen LogP contribution in [-0.4, -0.2) is 28.5 Å². The first-order valence-electron chi connectivity index (χ1n) is 6.72. The third-order valence-corrected chi connectivity index (χ3v) is 4.19. The van der Waals surface area contributed by atoms with Crippen LogP contribution in [0.3, 0.4) is 0 Å². The molecule has 1 aromatic carbocycles. The van der Waals surface area contributed by atoms with Crippen LogP contribution in [0.25, 0.3) is 10.9 Å². The van der Waals surface area contributed by atoms with Crippen LogP contribution < -0.4 is 0 Å². The van der Waals surface area contributed by atoms with Crippen molar-refractivity contribution in [1.29, 1.82) is 0 Å². The topological polar surface area (TPSA) is 25.2 Å². The molecule has 2 aromatic rings. The van der Waals surface area contributed by atoms with Crippen LogP contribution in [0.15, 0.2) is 30.5 Å². The van der Waals surface area contributed by atoms with Gasteiger partial charge in [0.05, 0.1) is 10.5 Å². The Hall–Kier alpha value is -1.48. The smallest absolute Gasteiger partial charge is 0.245 e. The summed E-state index contributed by atoms with van der Waals surface area (Å²) in [5.74, 6) is 0.190. The van der Waals surface area contributed by atoms with E-state index in [0.717, 1.165) is 36.8 Å². The molecule has 3 nitrogen and oxygen atoms in total. The Bertz CT molecular complexity index is 614. The van der Waals surface area contributed by atoms with E-state index in [1.807, 2.05) is 46.9 Å². The SMILES string of the molecule is CC(C(=O)N1CCCC1)n1ccc2cccc(Cl)c21. The van der Waals surface area contributed by atoms with Gasteiger partial charge in [-0.3, -0.25) is 4.79 Å². The fourth-order valence-corrected chi connectivity index (χ4v) is 3.10. The Morgan fingerprint density at radius 2 is 2.00 bits per heavy atom. The minimum absolute atomic E-state index is 0.190. The summed E-state index contributed by atoms with van der Waals surface area (Å²) in [6.45, 7) is 3.72. The summed E-state index contributed by atoms with van der Waals surface area (Å²) < 4.78 is 1.98. The summed E-state index contributed by atoms with van der Waals surface area (Å²) in [4.78, 5) is 14.4. The predicted molar refractivity (Wildman–Crippen MR) is 77.5 cm³/mol. The zero-order chi connectivity index (χ0) is 13.4. The second kappa shape index (κ2) is 4.89. The van der Waals surface area contributed by atoms with Crippen LogP contribution >= 0.6 is 11.6 Å². The molecule has 100 valence electrons. The van der Waals surface area contributed by atoms with Crippen molar-refractivity contribution >= 4 is 28.4 Å². The van der Waals surface area contributed by atoms with Crippen molar-refractivity contribution in [2.75, 3.05) is 13.1 Å². The van der Waals surface area contributed by atoms with E-state index in [1.165, 1.54) is 0 Å². The molecule has 19 heavy (non-hydrogen) atoms. The van der Waals surface area contributed by atoms with Gasteiger partial charge in [-0.25, -0.2) is 0 Å². The lowest BCUT2D eigenvalue weighted by Crippen LogP contribution is -2.33. The molecule has 1 aromatic heterocycles. The summed E-state index contributed by atoms with van der Waals surface area (Å²) in [5, 5.41) is 1.78. The van der Waals surface area contributed by atoms with Gasteiger partial charge in [0.2, 0.25) is 5.91 Å². The Labute approximate surface area is 117 Å². The Morgan fingerprint density at radius 1 is 1.26 bits per heavy atom. The molecular weight excluding hydrogens is 260 g/mol. The van der Waals surface area contributed by atoms with Gasteiger partial charge in [0, 0.05) is 24.7 Å². The molecule has 0 bridgehead atoms. The van der Waals surface area contributed by atoms with Crippen LogP contribution in [0.4, 0.5) is 0 Å². The molecule has 1 atom stereocenters. The number of amides is 1. The van der Waals surface area contributed by atoms with Crippen LogP contribution in [0.1, 0.15) is 25.8 Å². The number of halogens is 1. The van der Waals surface area contributed by atoms with Crippen molar-refractivity contribution in [1.82, 2.24) is 9.47 Å². The van der Waals surface area contributed by atoms with Gasteiger partial charge in [0.15, 0.2) is 0 Å². The van der Waals surface area contributed by atoms with E-state index < -0.39 is 0 Å². The van der Waals surface area contributed by atoms with Gasteiger partial charge in [-0.15, -0.1) is 0 Å². The van der Waals surface area contributed by atoms with Gasteiger partial charge >= 0.3 is 0 Å². The quantitative estimate of drug-likeness (QED) is 0.824. The fourth-order valence-electron chi connectivity index (χ4n) is 2.82. The van der Waals surface area contributed by atoms with Crippen molar-refractivity contribution < 1.29 is 4.79 Å². The molecule has 1 saturated heterocycles. The van der Waals surface area contributed by atoms with Crippen molar-refractivity contribution in [3.8, 4) is 0 Å².